The number of carboxylic acids is 1. The lowest BCUT2D eigenvalue weighted by molar-refractivity contribution is -0.150. The van der Waals surface area contributed by atoms with Gasteiger partial charge in [0, 0.05) is 6.42 Å². The van der Waals surface area contributed by atoms with Crippen molar-refractivity contribution >= 4 is 12.1 Å². The first-order chi connectivity index (χ1) is 8.58. The molecule has 1 N–H and O–H groups in total. The zero-order valence-electron chi connectivity index (χ0n) is 11.5. The van der Waals surface area contributed by atoms with E-state index in [-0.39, 0.29) is 6.42 Å². The van der Waals surface area contributed by atoms with Crippen LogP contribution in [0.5, 0.6) is 0 Å². The molecule has 1 atom stereocenters. The normalized spacial score (nSPS) is 29.2. The Hall–Kier alpha value is -1.33. The number of hydrogen-bond acceptors (Lipinski definition) is 3. The second kappa shape index (κ2) is 4.08. The third-order valence-corrected chi connectivity index (χ3v) is 3.87. The van der Waals surface area contributed by atoms with Gasteiger partial charge in [-0.1, -0.05) is 0 Å². The number of carboxylic acid groups (broad SMARTS) is 1. The predicted molar refractivity (Wildman–Crippen MR) is 65.6 cm³/mol. The van der Waals surface area contributed by atoms with Gasteiger partial charge in [-0.3, -0.25) is 4.90 Å². The highest BCUT2D eigenvalue weighted by atomic mass is 19.1. The van der Waals surface area contributed by atoms with E-state index in [0.29, 0.717) is 12.8 Å². The Bertz CT molecular complexity index is 413. The molecule has 108 valence electrons. The summed E-state index contributed by atoms with van der Waals surface area (Å²) >= 11 is 0. The van der Waals surface area contributed by atoms with Crippen molar-refractivity contribution in [3.05, 3.63) is 0 Å². The Morgan fingerprint density at radius 1 is 1.32 bits per heavy atom. The van der Waals surface area contributed by atoms with Crippen LogP contribution in [0, 0.1) is 0 Å². The number of rotatable bonds is 1. The quantitative estimate of drug-likeness (QED) is 0.796. The van der Waals surface area contributed by atoms with Crippen molar-refractivity contribution in [2.75, 3.05) is 6.54 Å². The number of aliphatic carboxylic acids is 1. The Morgan fingerprint density at radius 2 is 1.89 bits per heavy atom. The third kappa shape index (κ3) is 2.40. The molecule has 1 aliphatic heterocycles. The molecule has 19 heavy (non-hydrogen) atoms. The largest absolute Gasteiger partial charge is 0.479 e. The van der Waals surface area contributed by atoms with Crippen LogP contribution in [0.15, 0.2) is 0 Å². The molecule has 6 heteroatoms. The summed E-state index contributed by atoms with van der Waals surface area (Å²) in [5, 5.41) is 9.00. The summed E-state index contributed by atoms with van der Waals surface area (Å²) in [6.07, 6.45) is 1.42. The molecule has 1 saturated heterocycles. The minimum Gasteiger partial charge on any atom is -0.479 e. The van der Waals surface area contributed by atoms with Gasteiger partial charge in [-0.25, -0.2) is 14.0 Å². The van der Waals surface area contributed by atoms with Crippen molar-refractivity contribution in [2.24, 2.45) is 0 Å². The molecule has 0 aromatic carbocycles. The van der Waals surface area contributed by atoms with E-state index >= 15 is 0 Å². The summed E-state index contributed by atoms with van der Waals surface area (Å²) in [7, 11) is 0. The van der Waals surface area contributed by atoms with Gasteiger partial charge in [-0.05, 0) is 40.0 Å². The summed E-state index contributed by atoms with van der Waals surface area (Å²) in [6.45, 7) is 4.77. The molecule has 0 aromatic heterocycles. The van der Waals surface area contributed by atoms with E-state index in [4.69, 9.17) is 9.84 Å². The minimum atomic E-state index is -2.35. The van der Waals surface area contributed by atoms with Crippen molar-refractivity contribution < 1.29 is 23.8 Å². The second-order valence-electron chi connectivity index (χ2n) is 6.59. The van der Waals surface area contributed by atoms with Gasteiger partial charge >= 0.3 is 12.1 Å². The van der Waals surface area contributed by atoms with E-state index in [1.807, 2.05) is 0 Å². The van der Waals surface area contributed by atoms with E-state index in [1.54, 1.807) is 20.8 Å². The van der Waals surface area contributed by atoms with Gasteiger partial charge in [0.1, 0.15) is 5.60 Å². The molecule has 1 spiro atoms. The van der Waals surface area contributed by atoms with Crippen molar-refractivity contribution in [3.8, 4) is 0 Å². The smallest absolute Gasteiger partial charge is 0.410 e. The van der Waals surface area contributed by atoms with E-state index in [1.165, 1.54) is 4.90 Å². The van der Waals surface area contributed by atoms with Crippen molar-refractivity contribution in [3.63, 3.8) is 0 Å². The molecular weight excluding hydrogens is 253 g/mol. The maximum atomic E-state index is 14.3. The third-order valence-electron chi connectivity index (χ3n) is 3.87. The van der Waals surface area contributed by atoms with Crippen molar-refractivity contribution in [2.45, 2.75) is 63.3 Å². The highest BCUT2D eigenvalue weighted by molar-refractivity contribution is 5.81. The number of amides is 1. The van der Waals surface area contributed by atoms with Gasteiger partial charge in [0.2, 0.25) is 5.67 Å². The van der Waals surface area contributed by atoms with Gasteiger partial charge in [-0.2, -0.15) is 0 Å². The first-order valence-corrected chi connectivity index (χ1v) is 6.51. The lowest BCUT2D eigenvalue weighted by Crippen LogP contribution is -2.53. The second-order valence-corrected chi connectivity index (χ2v) is 6.59. The molecule has 2 aliphatic rings. The molecule has 1 aliphatic carbocycles. The standard InChI is InChI=1S/C13H20FNO4/c1-11(2,3)19-10(18)15-8-13(14,9(16)17)7-12(15)5-4-6-12/h4-8H2,1-3H3,(H,16,17)/t13-/m0/s1. The van der Waals surface area contributed by atoms with Crippen LogP contribution in [0.2, 0.25) is 0 Å². The first kappa shape index (κ1) is 14.1. The van der Waals surface area contributed by atoms with Gasteiger partial charge in [0.05, 0.1) is 12.1 Å². The lowest BCUT2D eigenvalue weighted by atomic mass is 9.73. The summed E-state index contributed by atoms with van der Waals surface area (Å²) in [5.41, 5.74) is -3.68. The zero-order valence-corrected chi connectivity index (χ0v) is 11.5. The Balaban J connectivity index is 2.19. The van der Waals surface area contributed by atoms with Gasteiger partial charge in [0.25, 0.3) is 0 Å². The van der Waals surface area contributed by atoms with Crippen LogP contribution >= 0.6 is 0 Å². The molecule has 1 heterocycles. The summed E-state index contributed by atoms with van der Waals surface area (Å²) in [4.78, 5) is 24.5. The van der Waals surface area contributed by atoms with E-state index in [0.717, 1.165) is 6.42 Å². The van der Waals surface area contributed by atoms with Gasteiger partial charge in [0.15, 0.2) is 0 Å². The van der Waals surface area contributed by atoms with Crippen LogP contribution in [0.25, 0.3) is 0 Å². The monoisotopic (exact) mass is 273 g/mol. The molecule has 0 aromatic rings. The molecule has 5 nitrogen and oxygen atoms in total. The highest BCUT2D eigenvalue weighted by Gasteiger charge is 2.62. The van der Waals surface area contributed by atoms with Crippen LogP contribution in [-0.2, 0) is 9.53 Å². The van der Waals surface area contributed by atoms with E-state index in [2.05, 4.69) is 0 Å². The molecule has 0 radical (unpaired) electrons. The number of halogens is 1. The molecular formula is C13H20FNO4. The average molecular weight is 273 g/mol. The minimum absolute atomic E-state index is 0.130. The Labute approximate surface area is 111 Å². The average Bonchev–Trinajstić information content (AvgIpc) is 2.51. The fourth-order valence-corrected chi connectivity index (χ4v) is 2.84. The maximum Gasteiger partial charge on any atom is 0.410 e. The number of carbonyl (C=O) groups excluding carboxylic acids is 1. The SMILES string of the molecule is CC(C)(C)OC(=O)N1C[C@](F)(C(=O)O)CC12CCC2. The number of ether oxygens (including phenoxy) is 1. The maximum absolute atomic E-state index is 14.3. The number of likely N-dealkylation sites (tertiary alicyclic amines) is 1. The number of hydrogen-bond donors (Lipinski definition) is 1. The van der Waals surface area contributed by atoms with Gasteiger partial charge < -0.3 is 9.84 Å². The molecule has 1 amide bonds. The Morgan fingerprint density at radius 3 is 2.26 bits per heavy atom. The highest BCUT2D eigenvalue weighted by Crippen LogP contribution is 2.50. The molecule has 1 saturated carbocycles. The zero-order chi connectivity index (χ0) is 14.5. The van der Waals surface area contributed by atoms with E-state index in [9.17, 15) is 14.0 Å². The van der Waals surface area contributed by atoms with Crippen LogP contribution < -0.4 is 0 Å². The van der Waals surface area contributed by atoms with E-state index < -0.39 is 35.4 Å². The number of carbonyl (C=O) groups is 2. The van der Waals surface area contributed by atoms with Gasteiger partial charge in [-0.15, -0.1) is 0 Å². The molecule has 2 rings (SSSR count). The molecule has 0 unspecified atom stereocenters. The molecule has 2 fully saturated rings. The topological polar surface area (TPSA) is 66.8 Å². The Kier molecular flexibility index (Phi) is 3.03. The van der Waals surface area contributed by atoms with Crippen LogP contribution in [0.1, 0.15) is 46.5 Å². The predicted octanol–water partition coefficient (Wildman–Crippen LogP) is 2.34. The van der Waals surface area contributed by atoms with Crippen molar-refractivity contribution in [1.82, 2.24) is 4.90 Å². The summed E-state index contributed by atoms with van der Waals surface area (Å²) < 4.78 is 19.6. The van der Waals surface area contributed by atoms with Crippen LogP contribution in [0.4, 0.5) is 9.18 Å². The fraction of sp³-hybridized carbons (Fsp3) is 0.846. The van der Waals surface area contributed by atoms with Crippen LogP contribution in [0.3, 0.4) is 0 Å². The number of nitrogens with zero attached hydrogens (tertiary/aromatic N) is 1. The lowest BCUT2D eigenvalue weighted by Gasteiger charge is -2.45. The summed E-state index contributed by atoms with van der Waals surface area (Å²) in [5.74, 6) is -1.50. The van der Waals surface area contributed by atoms with Crippen LogP contribution in [-0.4, -0.2) is 45.4 Å². The first-order valence-electron chi connectivity index (χ1n) is 6.51. The number of alkyl halides is 1. The van der Waals surface area contributed by atoms with Crippen molar-refractivity contribution in [1.29, 1.82) is 0 Å². The fourth-order valence-electron chi connectivity index (χ4n) is 2.84. The molecule has 0 bridgehead atoms. The summed E-state index contributed by atoms with van der Waals surface area (Å²) in [6, 6.07) is 0.